The third-order valence-corrected chi connectivity index (χ3v) is 12.6. The van der Waals surface area contributed by atoms with Gasteiger partial charge < -0.3 is 0 Å². The summed E-state index contributed by atoms with van der Waals surface area (Å²) in [6.45, 7) is 20.2. The van der Waals surface area contributed by atoms with Gasteiger partial charge in [0.05, 0.1) is 0 Å². The van der Waals surface area contributed by atoms with Gasteiger partial charge in [0, 0.05) is 11.0 Å². The molecule has 5 rings (SSSR count). The molecule has 0 N–H and O–H groups in total. The summed E-state index contributed by atoms with van der Waals surface area (Å²) in [6.07, 6.45) is 5.79. The van der Waals surface area contributed by atoms with E-state index in [-0.39, 0.29) is 5.66 Å². The Morgan fingerprint density at radius 1 is 0.463 bits per heavy atom. The van der Waals surface area contributed by atoms with E-state index in [0.29, 0.717) is 0 Å². The van der Waals surface area contributed by atoms with Crippen molar-refractivity contribution in [3.05, 3.63) is 146 Å². The molecule has 0 aromatic heterocycles. The lowest BCUT2D eigenvalue weighted by Crippen LogP contribution is -2.24. The van der Waals surface area contributed by atoms with Crippen molar-refractivity contribution in [1.29, 1.82) is 0 Å². The van der Waals surface area contributed by atoms with Crippen molar-refractivity contribution in [3.63, 3.8) is 0 Å². The summed E-state index contributed by atoms with van der Waals surface area (Å²) in [5, 5.41) is 7.00. The molecular formula is C39H41P2. The monoisotopic (exact) mass is 571 g/mol. The molecule has 41 heavy (non-hydrogen) atoms. The second-order valence-corrected chi connectivity index (χ2v) is 16.7. The number of rotatable bonds is 7. The quantitative estimate of drug-likeness (QED) is 0.154. The number of hydrogen-bond donors (Lipinski definition) is 0. The van der Waals surface area contributed by atoms with Crippen LogP contribution in [0.4, 0.5) is 0 Å². The standard InChI is InChI=1S/C39H41P2/c1-25-13-26(2)18-34(17-25)40(35-19-27(3)14-28(4)20-35)33(9)38-11-10-12-39(38)41(36-21-29(5)15-30(6)22-36)37-23-31(7)16-32(8)24-37/h10,13-24,33H,1-9H3/t33-/m1/s1. The Bertz CT molecular complexity index is 1540. The van der Waals surface area contributed by atoms with E-state index < -0.39 is 15.8 Å². The molecule has 4 aromatic rings. The topological polar surface area (TPSA) is 0 Å². The van der Waals surface area contributed by atoms with Gasteiger partial charge >= 0.3 is 0 Å². The van der Waals surface area contributed by atoms with Crippen LogP contribution in [-0.2, 0) is 0 Å². The largest absolute Gasteiger partial charge is 0.111 e. The van der Waals surface area contributed by atoms with Crippen molar-refractivity contribution in [1.82, 2.24) is 0 Å². The minimum absolute atomic E-state index is 0.287. The normalized spacial score (nSPS) is 13.6. The van der Waals surface area contributed by atoms with Crippen LogP contribution in [0, 0.1) is 61.5 Å². The zero-order valence-electron chi connectivity index (χ0n) is 26.0. The van der Waals surface area contributed by atoms with E-state index in [4.69, 9.17) is 0 Å². The molecule has 1 atom stereocenters. The van der Waals surface area contributed by atoms with Gasteiger partial charge in [-0.2, -0.15) is 0 Å². The molecule has 0 saturated heterocycles. The van der Waals surface area contributed by atoms with Gasteiger partial charge in [-0.05, 0) is 110 Å². The van der Waals surface area contributed by atoms with E-state index in [9.17, 15) is 0 Å². The number of hydrogen-bond acceptors (Lipinski definition) is 0. The Balaban J connectivity index is 1.68. The summed E-state index contributed by atoms with van der Waals surface area (Å²) in [6, 6.07) is 28.4. The zero-order valence-corrected chi connectivity index (χ0v) is 27.8. The maximum Gasteiger partial charge on any atom is 0.0309 e. The molecule has 1 aliphatic rings. The fourth-order valence-corrected chi connectivity index (χ4v) is 12.3. The first-order valence-electron chi connectivity index (χ1n) is 14.5. The minimum atomic E-state index is -0.791. The predicted molar refractivity (Wildman–Crippen MR) is 184 cm³/mol. The summed E-state index contributed by atoms with van der Waals surface area (Å²) >= 11 is 0. The third-order valence-electron chi connectivity index (χ3n) is 7.62. The van der Waals surface area contributed by atoms with Crippen molar-refractivity contribution in [3.8, 4) is 0 Å². The van der Waals surface area contributed by atoms with Gasteiger partial charge in [0.15, 0.2) is 0 Å². The number of allylic oxidation sites excluding steroid dienone is 3. The Hall–Kier alpha value is -3.00. The number of aryl methyl sites for hydroxylation is 8. The molecular weight excluding hydrogens is 530 g/mol. The molecule has 0 fully saturated rings. The van der Waals surface area contributed by atoms with Crippen molar-refractivity contribution < 1.29 is 0 Å². The van der Waals surface area contributed by atoms with Crippen LogP contribution < -0.4 is 21.2 Å². The van der Waals surface area contributed by atoms with Crippen molar-refractivity contribution in [2.24, 2.45) is 0 Å². The number of benzene rings is 4. The lowest BCUT2D eigenvalue weighted by atomic mass is 10.1. The molecule has 1 radical (unpaired) electrons. The van der Waals surface area contributed by atoms with Crippen molar-refractivity contribution in [2.45, 2.75) is 68.0 Å². The molecule has 0 heterocycles. The molecule has 0 unspecified atom stereocenters. The average Bonchev–Trinajstić information content (AvgIpc) is 3.31. The van der Waals surface area contributed by atoms with Gasteiger partial charge in [-0.15, -0.1) is 5.73 Å². The van der Waals surface area contributed by atoms with Crippen LogP contribution in [-0.4, -0.2) is 5.66 Å². The van der Waals surface area contributed by atoms with Gasteiger partial charge in [-0.3, -0.25) is 0 Å². The highest BCUT2D eigenvalue weighted by Crippen LogP contribution is 2.54. The van der Waals surface area contributed by atoms with E-state index in [2.05, 4.69) is 153 Å². The SMILES string of the molecule is Cc1cc(C)cc(P(C2=C=C[C]=C2[C@@H](C)P(c2cc(C)cc(C)c2)c2cc(C)cc(C)c2)c2cc(C)cc(C)c2)c1. The van der Waals surface area contributed by atoms with E-state index in [1.54, 1.807) is 0 Å². The first-order chi connectivity index (χ1) is 19.5. The first-order valence-corrected chi connectivity index (χ1v) is 17.3. The molecule has 0 amide bonds. The molecule has 0 nitrogen and oxygen atoms in total. The molecule has 1 aliphatic carbocycles. The zero-order chi connectivity index (χ0) is 29.4. The molecule has 4 aromatic carbocycles. The van der Waals surface area contributed by atoms with Gasteiger partial charge in [-0.25, -0.2) is 0 Å². The van der Waals surface area contributed by atoms with Crippen LogP contribution in [0.5, 0.6) is 0 Å². The van der Waals surface area contributed by atoms with E-state index in [1.165, 1.54) is 76.6 Å². The van der Waals surface area contributed by atoms with Gasteiger partial charge in [0.1, 0.15) is 0 Å². The minimum Gasteiger partial charge on any atom is -0.111 e. The van der Waals surface area contributed by atoms with Crippen molar-refractivity contribution in [2.75, 3.05) is 0 Å². The lowest BCUT2D eigenvalue weighted by molar-refractivity contribution is 1.15. The van der Waals surface area contributed by atoms with Crippen LogP contribution in [0.15, 0.2) is 95.5 Å². The van der Waals surface area contributed by atoms with E-state index in [1.807, 2.05) is 0 Å². The highest BCUT2D eigenvalue weighted by Gasteiger charge is 2.32. The predicted octanol–water partition coefficient (Wildman–Crippen LogP) is 8.89. The highest BCUT2D eigenvalue weighted by atomic mass is 31.1. The first kappa shape index (κ1) is 29.5. The molecule has 0 spiro atoms. The molecule has 0 aliphatic heterocycles. The van der Waals surface area contributed by atoms with Gasteiger partial charge in [-0.1, -0.05) is 124 Å². The van der Waals surface area contributed by atoms with Crippen LogP contribution in [0.2, 0.25) is 0 Å². The third kappa shape index (κ3) is 6.58. The van der Waals surface area contributed by atoms with Crippen LogP contribution in [0.25, 0.3) is 0 Å². The smallest absolute Gasteiger partial charge is 0.0309 e. The van der Waals surface area contributed by atoms with Crippen LogP contribution in [0.1, 0.15) is 51.4 Å². The van der Waals surface area contributed by atoms with Crippen LogP contribution in [0.3, 0.4) is 0 Å². The Morgan fingerprint density at radius 2 is 0.780 bits per heavy atom. The van der Waals surface area contributed by atoms with Gasteiger partial charge in [0.25, 0.3) is 0 Å². The Morgan fingerprint density at radius 3 is 1.12 bits per heavy atom. The maximum atomic E-state index is 3.75. The van der Waals surface area contributed by atoms with Crippen LogP contribution >= 0.6 is 15.8 Å². The van der Waals surface area contributed by atoms with Gasteiger partial charge in [0.2, 0.25) is 0 Å². The fourth-order valence-electron chi connectivity index (χ4n) is 6.30. The molecule has 207 valence electrons. The summed E-state index contributed by atoms with van der Waals surface area (Å²) in [5.41, 5.74) is 15.9. The summed E-state index contributed by atoms with van der Waals surface area (Å²) in [4.78, 5) is 0. The summed E-state index contributed by atoms with van der Waals surface area (Å²) in [7, 11) is -1.46. The van der Waals surface area contributed by atoms with E-state index in [0.717, 1.165) is 0 Å². The Kier molecular flexibility index (Phi) is 8.69. The molecule has 2 heteroatoms. The average molecular weight is 572 g/mol. The van der Waals surface area contributed by atoms with E-state index >= 15 is 0 Å². The fraction of sp³-hybridized carbons (Fsp3) is 0.256. The molecule has 0 saturated carbocycles. The molecule has 0 bridgehead atoms. The second-order valence-electron chi connectivity index (χ2n) is 12.0. The Labute approximate surface area is 250 Å². The lowest BCUT2D eigenvalue weighted by Gasteiger charge is -2.31. The van der Waals surface area contributed by atoms with Crippen molar-refractivity contribution >= 4 is 37.1 Å². The highest BCUT2D eigenvalue weighted by molar-refractivity contribution is 7.77. The maximum absolute atomic E-state index is 3.75. The second kappa shape index (κ2) is 12.1. The summed E-state index contributed by atoms with van der Waals surface area (Å²) < 4.78 is 0. The summed E-state index contributed by atoms with van der Waals surface area (Å²) in [5.74, 6) is 0.